The van der Waals surface area contributed by atoms with Crippen LogP contribution in [-0.4, -0.2) is 68.4 Å². The number of carbonyl (C=O) groups is 2. The monoisotopic (exact) mass is 1160 g/mol. The predicted molar refractivity (Wildman–Crippen MR) is 289 cm³/mol. The number of benzene rings is 6. The maximum Gasteiger partial charge on any atom is 0.349 e. The van der Waals surface area contributed by atoms with Crippen LogP contribution >= 0.6 is 0 Å². The third-order valence-corrected chi connectivity index (χ3v) is 13.6. The van der Waals surface area contributed by atoms with Gasteiger partial charge in [0.05, 0.1) is 70.0 Å². The van der Waals surface area contributed by atoms with Gasteiger partial charge in [-0.1, -0.05) is 24.3 Å². The lowest BCUT2D eigenvalue weighted by atomic mass is 10.0. The lowest BCUT2D eigenvalue weighted by Gasteiger charge is -2.13. The molecule has 0 fully saturated rings. The van der Waals surface area contributed by atoms with Crippen LogP contribution in [0.2, 0.25) is 0 Å². The van der Waals surface area contributed by atoms with Gasteiger partial charge in [-0.25, -0.2) is 64.6 Å². The second-order valence-electron chi connectivity index (χ2n) is 19.0. The Kier molecular flexibility index (Phi) is 17.0. The topological polar surface area (TPSA) is 189 Å². The Morgan fingerprint density at radius 1 is 0.482 bits per heavy atom. The van der Waals surface area contributed by atoms with Crippen molar-refractivity contribution in [2.75, 3.05) is 27.4 Å². The standard InChI is InChI=1S/C62H42F8N8O7/c1-81-21-19-77-53(25-37-23-47(67)41(27-45(37)65)49-17-13-43(63)59(75-49)83-31-35-7-3-33(29-71)4-8-35)73-51-15-11-39(55(69)57(51)77)61(79)85-62(80)40-12-16-52-58(56(40)70)78(20-22-82-2)54(74-52)26-38-24-48(68)42(28-46(38)66)50-18-14-44(64)60(76-50)84-32-36-9-5-34(30-72)6-10-36/h3-18,23-24,27-28H,19-22,25-26,31-32H2,1-2H3. The number of carbonyl (C=O) groups excluding carboxylic acids is 2. The maximum atomic E-state index is 16.7. The number of halogens is 8. The highest BCUT2D eigenvalue weighted by Gasteiger charge is 2.29. The molecule has 0 unspecified atom stereocenters. The number of pyridine rings is 2. The van der Waals surface area contributed by atoms with Crippen molar-refractivity contribution in [3.63, 3.8) is 0 Å². The van der Waals surface area contributed by atoms with Crippen LogP contribution in [0.4, 0.5) is 35.1 Å². The second kappa shape index (κ2) is 25.0. The first-order chi connectivity index (χ1) is 41.0. The molecule has 0 atom stereocenters. The normalized spacial score (nSPS) is 11.2. The van der Waals surface area contributed by atoms with E-state index in [1.165, 1.54) is 35.5 Å². The maximum absolute atomic E-state index is 16.7. The SMILES string of the molecule is COCCn1c(Cc2cc(F)c(-c3ccc(F)c(OCc4ccc(C#N)cc4)n3)cc2F)nc2ccc(C(=O)OC(=O)c3ccc4nc(Cc5cc(F)c(-c6ccc(F)c(OCc7ccc(C#N)cc7)n6)cc5F)n(CCOC)c4c3F)c(F)c21. The van der Waals surface area contributed by atoms with Crippen LogP contribution in [0.5, 0.6) is 11.8 Å². The number of aromatic nitrogens is 6. The molecule has 0 aliphatic rings. The summed E-state index contributed by atoms with van der Waals surface area (Å²) in [5.74, 6) is -12.0. The third kappa shape index (κ3) is 12.3. The van der Waals surface area contributed by atoms with Gasteiger partial charge in [0, 0.05) is 51.3 Å². The molecule has 0 bridgehead atoms. The minimum absolute atomic E-state index is 0.00198. The molecule has 10 rings (SSSR count). The number of fused-ring (bicyclic) bond motifs is 2. The van der Waals surface area contributed by atoms with Crippen LogP contribution in [-0.2, 0) is 53.4 Å². The highest BCUT2D eigenvalue weighted by atomic mass is 19.2. The summed E-state index contributed by atoms with van der Waals surface area (Å²) in [7, 11) is 2.72. The Morgan fingerprint density at radius 3 is 1.26 bits per heavy atom. The smallest absolute Gasteiger partial charge is 0.349 e. The first-order valence-corrected chi connectivity index (χ1v) is 25.7. The molecule has 4 heterocycles. The lowest BCUT2D eigenvalue weighted by molar-refractivity contribution is 0.0392. The van der Waals surface area contributed by atoms with Crippen molar-refractivity contribution in [2.45, 2.75) is 39.1 Å². The van der Waals surface area contributed by atoms with Crippen LogP contribution in [0.3, 0.4) is 0 Å². The van der Waals surface area contributed by atoms with E-state index < -0.39 is 94.2 Å². The van der Waals surface area contributed by atoms with E-state index in [4.69, 9.17) is 34.2 Å². The van der Waals surface area contributed by atoms with Crippen molar-refractivity contribution in [3.05, 3.63) is 224 Å². The molecule has 10 aromatic rings. The van der Waals surface area contributed by atoms with Gasteiger partial charge in [-0.3, -0.25) is 0 Å². The third-order valence-electron chi connectivity index (χ3n) is 13.6. The van der Waals surface area contributed by atoms with Gasteiger partial charge in [-0.05, 0) is 119 Å². The average Bonchev–Trinajstić information content (AvgIpc) is 3.88. The van der Waals surface area contributed by atoms with E-state index in [2.05, 4.69) is 19.9 Å². The van der Waals surface area contributed by atoms with Gasteiger partial charge in [0.25, 0.3) is 11.8 Å². The van der Waals surface area contributed by atoms with E-state index in [9.17, 15) is 18.4 Å². The molecule has 85 heavy (non-hydrogen) atoms. The van der Waals surface area contributed by atoms with Crippen LogP contribution < -0.4 is 9.47 Å². The number of imidazole rings is 2. The van der Waals surface area contributed by atoms with Crippen molar-refractivity contribution in [2.24, 2.45) is 0 Å². The van der Waals surface area contributed by atoms with Gasteiger partial charge < -0.3 is 32.8 Å². The highest BCUT2D eigenvalue weighted by molar-refractivity contribution is 6.05. The molecule has 6 aromatic carbocycles. The molecule has 15 nitrogen and oxygen atoms in total. The molecule has 0 saturated carbocycles. The lowest BCUT2D eigenvalue weighted by Crippen LogP contribution is -2.17. The van der Waals surface area contributed by atoms with E-state index in [0.29, 0.717) is 22.3 Å². The fraction of sp³-hybridized carbons (Fsp3) is 0.161. The van der Waals surface area contributed by atoms with Gasteiger partial charge in [0.15, 0.2) is 23.3 Å². The summed E-state index contributed by atoms with van der Waals surface area (Å²) in [6.07, 6.45) is -0.845. The molecule has 4 aromatic heterocycles. The fourth-order valence-corrected chi connectivity index (χ4v) is 9.27. The molecule has 0 aliphatic carbocycles. The van der Waals surface area contributed by atoms with Crippen molar-refractivity contribution >= 4 is 34.0 Å². The van der Waals surface area contributed by atoms with Gasteiger partial charge in [0.2, 0.25) is 0 Å². The zero-order valence-electron chi connectivity index (χ0n) is 44.7. The Bertz CT molecular complexity index is 4060. The number of hydrogen-bond acceptors (Lipinski definition) is 13. The van der Waals surface area contributed by atoms with Crippen LogP contribution in [0.1, 0.15) is 65.7 Å². The van der Waals surface area contributed by atoms with Crippen molar-refractivity contribution < 1.29 is 68.4 Å². The quantitative estimate of drug-likeness (QED) is 0.0398. The number of esters is 2. The minimum Gasteiger partial charge on any atom is -0.471 e. The van der Waals surface area contributed by atoms with Crippen molar-refractivity contribution in [1.29, 1.82) is 10.5 Å². The highest BCUT2D eigenvalue weighted by Crippen LogP contribution is 2.33. The summed E-state index contributed by atoms with van der Waals surface area (Å²) in [4.78, 5) is 44.4. The first kappa shape index (κ1) is 57.9. The Labute approximate surface area is 477 Å². The first-order valence-electron chi connectivity index (χ1n) is 25.7. The minimum atomic E-state index is -1.54. The zero-order valence-corrected chi connectivity index (χ0v) is 44.7. The molecule has 0 N–H and O–H groups in total. The molecular weight excluding hydrogens is 1120 g/mol. The molecule has 0 spiro atoms. The largest absolute Gasteiger partial charge is 0.471 e. The summed E-state index contributed by atoms with van der Waals surface area (Å²) in [5, 5.41) is 18.1. The van der Waals surface area contributed by atoms with Gasteiger partial charge in [-0.2, -0.15) is 10.5 Å². The van der Waals surface area contributed by atoms with Gasteiger partial charge in [-0.15, -0.1) is 0 Å². The van der Waals surface area contributed by atoms with Crippen LogP contribution in [0.25, 0.3) is 44.6 Å². The molecular formula is C62H42F8N8O7. The summed E-state index contributed by atoms with van der Waals surface area (Å²) >= 11 is 0. The number of ether oxygens (including phenoxy) is 5. The van der Waals surface area contributed by atoms with Crippen molar-refractivity contribution in [1.82, 2.24) is 29.1 Å². The number of nitrogens with zero attached hydrogens (tertiary/aromatic N) is 8. The van der Waals surface area contributed by atoms with Crippen LogP contribution in [0.15, 0.2) is 121 Å². The molecule has 428 valence electrons. The summed E-state index contributed by atoms with van der Waals surface area (Å²) in [6, 6.07) is 28.7. The number of rotatable bonds is 20. The van der Waals surface area contributed by atoms with E-state index >= 15 is 26.3 Å². The number of methoxy groups -OCH3 is 2. The van der Waals surface area contributed by atoms with E-state index in [1.807, 2.05) is 12.1 Å². The number of nitriles is 2. The van der Waals surface area contributed by atoms with E-state index in [0.717, 1.165) is 60.7 Å². The summed E-state index contributed by atoms with van der Waals surface area (Å²) in [6.45, 7) is -0.626. The predicted octanol–water partition coefficient (Wildman–Crippen LogP) is 12.0. The van der Waals surface area contributed by atoms with Crippen molar-refractivity contribution in [3.8, 4) is 46.4 Å². The van der Waals surface area contributed by atoms with Gasteiger partial charge in [0.1, 0.15) is 59.2 Å². The number of hydrogen-bond donors (Lipinski definition) is 0. The summed E-state index contributed by atoms with van der Waals surface area (Å²) < 4.78 is 156. The zero-order chi connectivity index (χ0) is 60.1. The van der Waals surface area contributed by atoms with E-state index in [-0.39, 0.29) is 107 Å². The fourth-order valence-electron chi connectivity index (χ4n) is 9.27. The Morgan fingerprint density at radius 2 is 0.882 bits per heavy atom. The summed E-state index contributed by atoms with van der Waals surface area (Å²) in [5.41, 5.74) is -1.70. The molecule has 23 heteroatoms. The molecule has 0 amide bonds. The molecule has 0 radical (unpaired) electrons. The Hall–Kier alpha value is -10.4. The second-order valence-corrected chi connectivity index (χ2v) is 19.0. The van der Waals surface area contributed by atoms with E-state index in [1.54, 1.807) is 48.5 Å². The Balaban J connectivity index is 0.869. The van der Waals surface area contributed by atoms with Gasteiger partial charge >= 0.3 is 11.9 Å². The van der Waals surface area contributed by atoms with Crippen LogP contribution in [0, 0.1) is 69.2 Å². The molecule has 0 aliphatic heterocycles. The average molecular weight is 1160 g/mol. The molecule has 0 saturated heterocycles.